The fourth-order valence-corrected chi connectivity index (χ4v) is 2.99. The van der Waals surface area contributed by atoms with E-state index in [2.05, 4.69) is 24.3 Å². The molecule has 2 rings (SSSR count). The maximum absolute atomic E-state index is 5.88. The van der Waals surface area contributed by atoms with E-state index in [-0.39, 0.29) is 0 Å². The Morgan fingerprint density at radius 3 is 1.38 bits per heavy atom. The third-order valence-electron chi connectivity index (χ3n) is 4.54. The van der Waals surface area contributed by atoms with Gasteiger partial charge in [-0.1, -0.05) is 37.1 Å². The minimum atomic E-state index is 0.506. The van der Waals surface area contributed by atoms with E-state index >= 15 is 0 Å². The van der Waals surface area contributed by atoms with Crippen LogP contribution < -0.4 is 22.9 Å². The first-order chi connectivity index (χ1) is 11.6. The third kappa shape index (κ3) is 5.25. The van der Waals surface area contributed by atoms with Gasteiger partial charge in [0.05, 0.1) is 0 Å². The van der Waals surface area contributed by atoms with E-state index in [0.717, 1.165) is 35.3 Å². The van der Waals surface area contributed by atoms with Crippen molar-refractivity contribution in [1.82, 2.24) is 0 Å². The molecule has 0 saturated carbocycles. The van der Waals surface area contributed by atoms with E-state index in [9.17, 15) is 0 Å². The van der Waals surface area contributed by atoms with Crippen molar-refractivity contribution in [3.8, 4) is 0 Å². The van der Waals surface area contributed by atoms with Gasteiger partial charge in [0.1, 0.15) is 0 Å². The first-order valence-electron chi connectivity index (χ1n) is 8.78. The second kappa shape index (κ2) is 9.30. The van der Waals surface area contributed by atoms with Crippen LogP contribution in [-0.2, 0) is 25.9 Å². The highest BCUT2D eigenvalue weighted by molar-refractivity contribution is 5.49. The van der Waals surface area contributed by atoms with Gasteiger partial charge in [-0.15, -0.1) is 0 Å². The van der Waals surface area contributed by atoms with Crippen molar-refractivity contribution in [3.63, 3.8) is 0 Å². The van der Waals surface area contributed by atoms with Crippen molar-refractivity contribution < 1.29 is 0 Å². The molecule has 0 unspecified atom stereocenters. The Morgan fingerprint density at radius 2 is 1.00 bits per heavy atom. The molecule has 24 heavy (non-hydrogen) atoms. The zero-order valence-electron chi connectivity index (χ0n) is 14.4. The van der Waals surface area contributed by atoms with Gasteiger partial charge in [0.25, 0.3) is 0 Å². The average Bonchev–Trinajstić information content (AvgIpc) is 2.60. The van der Waals surface area contributed by atoms with Crippen molar-refractivity contribution in [2.24, 2.45) is 11.5 Å². The van der Waals surface area contributed by atoms with Crippen molar-refractivity contribution in [3.05, 3.63) is 58.7 Å². The van der Waals surface area contributed by atoms with Crippen LogP contribution in [0.25, 0.3) is 0 Å². The standard InChI is InChI=1S/C20H30N4/c21-13-17-11-15(7-9-19(17)23)5-3-1-2-4-6-16-8-10-20(24)18(12-16)14-22/h7-12H,1-6,13-14,21-24H2. The molecule has 0 spiro atoms. The molecule has 4 nitrogen and oxygen atoms in total. The molecule has 0 aliphatic heterocycles. The Kier molecular flexibility index (Phi) is 7.09. The quantitative estimate of drug-likeness (QED) is 0.420. The highest BCUT2D eigenvalue weighted by atomic mass is 14.6. The summed E-state index contributed by atoms with van der Waals surface area (Å²) in [5.74, 6) is 0. The highest BCUT2D eigenvalue weighted by Crippen LogP contribution is 2.18. The molecule has 0 saturated heterocycles. The lowest BCUT2D eigenvalue weighted by Crippen LogP contribution is -2.02. The minimum absolute atomic E-state index is 0.506. The monoisotopic (exact) mass is 326 g/mol. The normalized spacial score (nSPS) is 10.9. The second-order valence-corrected chi connectivity index (χ2v) is 6.39. The van der Waals surface area contributed by atoms with E-state index in [1.165, 1.54) is 36.8 Å². The molecular formula is C20H30N4. The first-order valence-corrected chi connectivity index (χ1v) is 8.78. The summed E-state index contributed by atoms with van der Waals surface area (Å²) in [6, 6.07) is 12.4. The summed E-state index contributed by atoms with van der Waals surface area (Å²) in [5, 5.41) is 0. The van der Waals surface area contributed by atoms with E-state index < -0.39 is 0 Å². The number of anilines is 2. The summed E-state index contributed by atoms with van der Waals surface area (Å²) < 4.78 is 0. The number of nitrogen functional groups attached to an aromatic ring is 2. The molecular weight excluding hydrogens is 296 g/mol. The molecule has 0 radical (unpaired) electrons. The van der Waals surface area contributed by atoms with Gasteiger partial charge in [0.2, 0.25) is 0 Å². The fourth-order valence-electron chi connectivity index (χ4n) is 2.99. The number of benzene rings is 2. The van der Waals surface area contributed by atoms with Crippen LogP contribution in [0.3, 0.4) is 0 Å². The van der Waals surface area contributed by atoms with Gasteiger partial charge < -0.3 is 22.9 Å². The van der Waals surface area contributed by atoms with Crippen molar-refractivity contribution in [2.75, 3.05) is 11.5 Å². The zero-order chi connectivity index (χ0) is 17.4. The molecule has 0 heterocycles. The Labute approximate surface area is 145 Å². The maximum Gasteiger partial charge on any atom is 0.0359 e. The Balaban J connectivity index is 1.68. The lowest BCUT2D eigenvalue weighted by molar-refractivity contribution is 0.640. The Bertz CT molecular complexity index is 595. The summed E-state index contributed by atoms with van der Waals surface area (Å²) in [5.41, 5.74) is 29.5. The van der Waals surface area contributed by atoms with E-state index in [4.69, 9.17) is 22.9 Å². The van der Waals surface area contributed by atoms with Crippen LogP contribution in [0.15, 0.2) is 36.4 Å². The Hall–Kier alpha value is -2.04. The topological polar surface area (TPSA) is 104 Å². The highest BCUT2D eigenvalue weighted by Gasteiger charge is 2.02. The van der Waals surface area contributed by atoms with Crippen molar-refractivity contribution in [2.45, 2.75) is 51.6 Å². The largest absolute Gasteiger partial charge is 0.398 e. The van der Waals surface area contributed by atoms with Gasteiger partial charge >= 0.3 is 0 Å². The lowest BCUT2D eigenvalue weighted by Gasteiger charge is -2.08. The molecule has 0 fully saturated rings. The van der Waals surface area contributed by atoms with Crippen LogP contribution in [-0.4, -0.2) is 0 Å². The minimum Gasteiger partial charge on any atom is -0.398 e. The van der Waals surface area contributed by atoms with Gasteiger partial charge in [-0.2, -0.15) is 0 Å². The zero-order valence-corrected chi connectivity index (χ0v) is 14.4. The van der Waals surface area contributed by atoms with Crippen LogP contribution >= 0.6 is 0 Å². The van der Waals surface area contributed by atoms with E-state index in [1.54, 1.807) is 0 Å². The maximum atomic E-state index is 5.88. The van der Waals surface area contributed by atoms with Crippen LogP contribution in [0.1, 0.15) is 47.9 Å². The molecule has 0 aliphatic carbocycles. The summed E-state index contributed by atoms with van der Waals surface area (Å²) in [4.78, 5) is 0. The van der Waals surface area contributed by atoms with Gasteiger partial charge in [0.15, 0.2) is 0 Å². The second-order valence-electron chi connectivity index (χ2n) is 6.39. The van der Waals surface area contributed by atoms with Gasteiger partial charge in [-0.3, -0.25) is 0 Å². The first kappa shape index (κ1) is 18.3. The molecule has 8 N–H and O–H groups in total. The molecule has 0 amide bonds. The Morgan fingerprint density at radius 1 is 0.583 bits per heavy atom. The predicted octanol–water partition coefficient (Wildman–Crippen LogP) is 3.11. The molecule has 0 atom stereocenters. The van der Waals surface area contributed by atoms with Crippen LogP contribution in [0.5, 0.6) is 0 Å². The van der Waals surface area contributed by atoms with Crippen LogP contribution in [0.4, 0.5) is 11.4 Å². The summed E-state index contributed by atoms with van der Waals surface area (Å²) in [6.07, 6.45) is 7.05. The smallest absolute Gasteiger partial charge is 0.0359 e. The molecule has 2 aromatic rings. The predicted molar refractivity (Wildman–Crippen MR) is 103 cm³/mol. The number of hydrogen-bond acceptors (Lipinski definition) is 4. The van der Waals surface area contributed by atoms with Gasteiger partial charge in [-0.25, -0.2) is 0 Å². The van der Waals surface area contributed by atoms with Gasteiger partial charge in [0, 0.05) is 24.5 Å². The molecule has 2 aromatic carbocycles. The number of unbranched alkanes of at least 4 members (excludes halogenated alkanes) is 3. The third-order valence-corrected chi connectivity index (χ3v) is 4.54. The van der Waals surface area contributed by atoms with Crippen LogP contribution in [0, 0.1) is 0 Å². The fraction of sp³-hybridized carbons (Fsp3) is 0.400. The summed E-state index contributed by atoms with van der Waals surface area (Å²) >= 11 is 0. The molecule has 0 aliphatic rings. The summed E-state index contributed by atoms with van der Waals surface area (Å²) in [7, 11) is 0. The number of aryl methyl sites for hydroxylation is 2. The number of hydrogen-bond donors (Lipinski definition) is 4. The van der Waals surface area contributed by atoms with Crippen molar-refractivity contribution >= 4 is 11.4 Å². The lowest BCUT2D eigenvalue weighted by atomic mass is 10.0. The molecule has 4 heteroatoms. The SMILES string of the molecule is NCc1cc(CCCCCCc2ccc(N)c(CN)c2)ccc1N. The van der Waals surface area contributed by atoms with E-state index in [1.807, 2.05) is 12.1 Å². The molecule has 0 bridgehead atoms. The number of nitrogens with two attached hydrogens (primary N) is 4. The molecule has 0 aromatic heterocycles. The summed E-state index contributed by atoms with van der Waals surface area (Å²) in [6.45, 7) is 1.01. The average molecular weight is 326 g/mol. The number of rotatable bonds is 9. The van der Waals surface area contributed by atoms with E-state index in [0.29, 0.717) is 13.1 Å². The van der Waals surface area contributed by atoms with Gasteiger partial charge in [-0.05, 0) is 60.1 Å². The molecule has 130 valence electrons. The van der Waals surface area contributed by atoms with Crippen LogP contribution in [0.2, 0.25) is 0 Å². The van der Waals surface area contributed by atoms with Crippen molar-refractivity contribution in [1.29, 1.82) is 0 Å².